The first-order valence-electron chi connectivity index (χ1n) is 15.9. The molecular formula is C45H32. The van der Waals surface area contributed by atoms with E-state index >= 15 is 0 Å². The first-order chi connectivity index (χ1) is 22.1. The standard InChI is InChI=1S/C45H32/c1-45(2)43-27-31(21-23-40(43)41-24-22-34(28-44(41)45)36-20-10-13-29-11-3-5-16-35(29)36)30-14-9-15-32(25-30)42-26-33-12-4-6-17-37(33)38-18-7-8-19-39(38)42/h3-28H,1-2H3. The molecule has 45 heavy (non-hydrogen) atoms. The molecule has 0 heterocycles. The van der Waals surface area contributed by atoms with Crippen molar-refractivity contribution in [3.8, 4) is 44.5 Å². The van der Waals surface area contributed by atoms with Crippen molar-refractivity contribution in [1.29, 1.82) is 0 Å². The minimum atomic E-state index is -0.104. The average molecular weight is 573 g/mol. The van der Waals surface area contributed by atoms with Crippen LogP contribution in [-0.2, 0) is 5.41 Å². The zero-order chi connectivity index (χ0) is 30.1. The lowest BCUT2D eigenvalue weighted by molar-refractivity contribution is 0.661. The first kappa shape index (κ1) is 26.0. The molecule has 0 bridgehead atoms. The Balaban J connectivity index is 1.14. The Morgan fingerprint density at radius 3 is 1.64 bits per heavy atom. The third-order valence-electron chi connectivity index (χ3n) is 10.1. The summed E-state index contributed by atoms with van der Waals surface area (Å²) < 4.78 is 0. The third-order valence-corrected chi connectivity index (χ3v) is 10.1. The van der Waals surface area contributed by atoms with E-state index in [4.69, 9.17) is 0 Å². The van der Waals surface area contributed by atoms with Gasteiger partial charge in [-0.2, -0.15) is 0 Å². The summed E-state index contributed by atoms with van der Waals surface area (Å²) in [5, 5.41) is 7.75. The lowest BCUT2D eigenvalue weighted by atomic mass is 9.80. The molecule has 0 amide bonds. The van der Waals surface area contributed by atoms with E-state index in [-0.39, 0.29) is 5.41 Å². The minimum absolute atomic E-state index is 0.104. The molecule has 0 N–H and O–H groups in total. The van der Waals surface area contributed by atoms with Crippen molar-refractivity contribution >= 4 is 32.3 Å². The van der Waals surface area contributed by atoms with Gasteiger partial charge in [-0.1, -0.05) is 147 Å². The van der Waals surface area contributed by atoms with Crippen molar-refractivity contribution in [3.63, 3.8) is 0 Å². The molecule has 0 saturated carbocycles. The maximum atomic E-state index is 2.44. The van der Waals surface area contributed by atoms with Gasteiger partial charge in [0, 0.05) is 5.41 Å². The molecule has 0 radical (unpaired) electrons. The number of fused-ring (bicyclic) bond motifs is 7. The van der Waals surface area contributed by atoms with Gasteiger partial charge in [0.05, 0.1) is 0 Å². The highest BCUT2D eigenvalue weighted by molar-refractivity contribution is 6.13. The van der Waals surface area contributed by atoms with Gasteiger partial charge < -0.3 is 0 Å². The predicted octanol–water partition coefficient (Wildman–Crippen LogP) is 12.5. The Hall–Kier alpha value is -5.46. The third kappa shape index (κ3) is 3.99. The largest absolute Gasteiger partial charge is 0.0616 e. The molecule has 8 aromatic rings. The monoisotopic (exact) mass is 572 g/mol. The molecule has 0 heteroatoms. The smallest absolute Gasteiger partial charge is 0.0159 e. The molecule has 0 aliphatic heterocycles. The molecule has 0 atom stereocenters. The van der Waals surface area contributed by atoms with Crippen LogP contribution in [0, 0.1) is 0 Å². The van der Waals surface area contributed by atoms with E-state index in [1.807, 2.05) is 0 Å². The van der Waals surface area contributed by atoms with Crippen LogP contribution in [0.3, 0.4) is 0 Å². The van der Waals surface area contributed by atoms with E-state index in [1.54, 1.807) is 0 Å². The normalized spacial score (nSPS) is 13.3. The lowest BCUT2D eigenvalue weighted by Crippen LogP contribution is -2.15. The highest BCUT2D eigenvalue weighted by Crippen LogP contribution is 2.51. The van der Waals surface area contributed by atoms with Crippen molar-refractivity contribution in [2.75, 3.05) is 0 Å². The Kier molecular flexibility index (Phi) is 5.64. The van der Waals surface area contributed by atoms with Crippen LogP contribution in [0.25, 0.3) is 76.8 Å². The molecular weight excluding hydrogens is 540 g/mol. The Morgan fingerprint density at radius 1 is 0.311 bits per heavy atom. The zero-order valence-corrected chi connectivity index (χ0v) is 25.5. The first-order valence-corrected chi connectivity index (χ1v) is 15.9. The summed E-state index contributed by atoms with van der Waals surface area (Å²) in [4.78, 5) is 0. The van der Waals surface area contributed by atoms with Gasteiger partial charge in [-0.05, 0) is 112 Å². The number of rotatable bonds is 3. The zero-order valence-electron chi connectivity index (χ0n) is 25.5. The van der Waals surface area contributed by atoms with E-state index in [0.717, 1.165) is 0 Å². The Bertz CT molecular complexity index is 2450. The molecule has 1 aliphatic carbocycles. The maximum Gasteiger partial charge on any atom is 0.0159 e. The molecule has 0 nitrogen and oxygen atoms in total. The number of hydrogen-bond acceptors (Lipinski definition) is 0. The SMILES string of the molecule is CC1(C)c2cc(-c3cccc(-c4cc5ccccc5c5ccccc45)c3)ccc2-c2ccc(-c3cccc4ccccc34)cc21. The van der Waals surface area contributed by atoms with Gasteiger partial charge in [-0.3, -0.25) is 0 Å². The van der Waals surface area contributed by atoms with Gasteiger partial charge in [0.15, 0.2) is 0 Å². The summed E-state index contributed by atoms with van der Waals surface area (Å²) in [6.07, 6.45) is 0. The molecule has 212 valence electrons. The van der Waals surface area contributed by atoms with E-state index < -0.39 is 0 Å². The summed E-state index contributed by atoms with van der Waals surface area (Å²) in [7, 11) is 0. The van der Waals surface area contributed by atoms with Crippen molar-refractivity contribution in [2.45, 2.75) is 19.3 Å². The van der Waals surface area contributed by atoms with Crippen LogP contribution < -0.4 is 0 Å². The summed E-state index contributed by atoms with van der Waals surface area (Å²) in [6.45, 7) is 4.76. The molecule has 9 rings (SSSR count). The quantitative estimate of drug-likeness (QED) is 0.185. The van der Waals surface area contributed by atoms with E-state index in [0.29, 0.717) is 0 Å². The predicted molar refractivity (Wildman–Crippen MR) is 193 cm³/mol. The average Bonchev–Trinajstić information content (AvgIpc) is 3.32. The second-order valence-electron chi connectivity index (χ2n) is 12.9. The van der Waals surface area contributed by atoms with Crippen LogP contribution in [0.4, 0.5) is 0 Å². The summed E-state index contributed by atoms with van der Waals surface area (Å²) in [5.74, 6) is 0. The maximum absolute atomic E-state index is 2.44. The Labute approximate surface area is 264 Å². The minimum Gasteiger partial charge on any atom is -0.0616 e. The van der Waals surface area contributed by atoms with Crippen LogP contribution in [0.2, 0.25) is 0 Å². The van der Waals surface area contributed by atoms with Crippen molar-refractivity contribution in [1.82, 2.24) is 0 Å². The van der Waals surface area contributed by atoms with Gasteiger partial charge in [-0.15, -0.1) is 0 Å². The molecule has 0 fully saturated rings. The number of hydrogen-bond donors (Lipinski definition) is 0. The van der Waals surface area contributed by atoms with Gasteiger partial charge in [0.2, 0.25) is 0 Å². The van der Waals surface area contributed by atoms with E-state index in [2.05, 4.69) is 172 Å². The molecule has 0 aromatic heterocycles. The molecule has 8 aromatic carbocycles. The Morgan fingerprint density at radius 2 is 0.844 bits per heavy atom. The van der Waals surface area contributed by atoms with Crippen LogP contribution in [0.15, 0.2) is 158 Å². The highest BCUT2D eigenvalue weighted by atomic mass is 14.4. The second-order valence-corrected chi connectivity index (χ2v) is 12.9. The fraction of sp³-hybridized carbons (Fsp3) is 0.0667. The summed E-state index contributed by atoms with van der Waals surface area (Å²) >= 11 is 0. The molecule has 0 unspecified atom stereocenters. The van der Waals surface area contributed by atoms with Crippen LogP contribution in [0.1, 0.15) is 25.0 Å². The van der Waals surface area contributed by atoms with Crippen LogP contribution in [-0.4, -0.2) is 0 Å². The molecule has 0 saturated heterocycles. The van der Waals surface area contributed by atoms with Crippen molar-refractivity contribution in [3.05, 3.63) is 169 Å². The second kappa shape index (κ2) is 9.78. The van der Waals surface area contributed by atoms with Crippen LogP contribution >= 0.6 is 0 Å². The molecule has 0 spiro atoms. The van der Waals surface area contributed by atoms with Gasteiger partial charge in [0.1, 0.15) is 0 Å². The molecule has 1 aliphatic rings. The topological polar surface area (TPSA) is 0 Å². The van der Waals surface area contributed by atoms with Gasteiger partial charge in [-0.25, -0.2) is 0 Å². The van der Waals surface area contributed by atoms with Gasteiger partial charge >= 0.3 is 0 Å². The highest BCUT2D eigenvalue weighted by Gasteiger charge is 2.36. The van der Waals surface area contributed by atoms with E-state index in [1.165, 1.54) is 88.0 Å². The fourth-order valence-corrected chi connectivity index (χ4v) is 7.72. The van der Waals surface area contributed by atoms with Crippen molar-refractivity contribution in [2.24, 2.45) is 0 Å². The summed E-state index contributed by atoms with van der Waals surface area (Å²) in [5.41, 5.74) is 13.0. The van der Waals surface area contributed by atoms with Gasteiger partial charge in [0.25, 0.3) is 0 Å². The summed E-state index contributed by atoms with van der Waals surface area (Å²) in [6, 6.07) is 58.4. The fourth-order valence-electron chi connectivity index (χ4n) is 7.72. The lowest BCUT2D eigenvalue weighted by Gasteiger charge is -2.23. The van der Waals surface area contributed by atoms with Crippen LogP contribution in [0.5, 0.6) is 0 Å². The van der Waals surface area contributed by atoms with E-state index in [9.17, 15) is 0 Å². The van der Waals surface area contributed by atoms with Crippen molar-refractivity contribution < 1.29 is 0 Å². The number of benzene rings is 8.